The molecule has 1 saturated heterocycles. The molecule has 0 aliphatic carbocycles. The summed E-state index contributed by atoms with van der Waals surface area (Å²) in [7, 11) is 4.39. The number of likely N-dealkylation sites (tertiary alicyclic amines) is 1. The number of amides is 2. The van der Waals surface area contributed by atoms with E-state index >= 15 is 0 Å². The molecule has 1 heterocycles. The van der Waals surface area contributed by atoms with E-state index in [0.29, 0.717) is 43.4 Å². The molecule has 1 unspecified atom stereocenters. The average Bonchev–Trinajstić information content (AvgIpc) is 2.76. The summed E-state index contributed by atoms with van der Waals surface area (Å²) in [5.41, 5.74) is 0.273. The monoisotopic (exact) mass is 408 g/mol. The van der Waals surface area contributed by atoms with Crippen LogP contribution in [0.15, 0.2) is 12.1 Å². The SMILES string of the molecule is CCOC(=O)C1CCCN(C(=O)CNC(=O)c2cc(OC)c(OC)c(OC)c2)C1. The van der Waals surface area contributed by atoms with Crippen LogP contribution in [0, 0.1) is 5.92 Å². The topological polar surface area (TPSA) is 103 Å². The Bertz CT molecular complexity index is 725. The van der Waals surface area contributed by atoms with Crippen LogP contribution in [0.2, 0.25) is 0 Å². The van der Waals surface area contributed by atoms with Crippen molar-refractivity contribution >= 4 is 17.8 Å². The predicted octanol–water partition coefficient (Wildman–Crippen LogP) is 1.24. The summed E-state index contributed by atoms with van der Waals surface area (Å²) in [6.45, 7) is 2.74. The van der Waals surface area contributed by atoms with Crippen LogP contribution >= 0.6 is 0 Å². The maximum atomic E-state index is 12.5. The van der Waals surface area contributed by atoms with Crippen molar-refractivity contribution in [2.24, 2.45) is 5.92 Å². The molecule has 9 nitrogen and oxygen atoms in total. The van der Waals surface area contributed by atoms with Gasteiger partial charge in [0.2, 0.25) is 11.7 Å². The fourth-order valence-electron chi connectivity index (χ4n) is 3.24. The van der Waals surface area contributed by atoms with E-state index in [0.717, 1.165) is 6.42 Å². The molecule has 0 aromatic heterocycles. The fraction of sp³-hybridized carbons (Fsp3) is 0.550. The zero-order chi connectivity index (χ0) is 21.4. The average molecular weight is 408 g/mol. The number of benzene rings is 1. The summed E-state index contributed by atoms with van der Waals surface area (Å²) in [6.07, 6.45) is 1.41. The fourth-order valence-corrected chi connectivity index (χ4v) is 3.24. The lowest BCUT2D eigenvalue weighted by Gasteiger charge is -2.31. The van der Waals surface area contributed by atoms with Gasteiger partial charge in [0.25, 0.3) is 5.91 Å². The van der Waals surface area contributed by atoms with Crippen LogP contribution in [0.25, 0.3) is 0 Å². The standard InChI is InChI=1S/C20H28N2O7/c1-5-29-20(25)13-7-6-8-22(12-13)17(23)11-21-19(24)14-9-15(26-2)18(28-4)16(10-14)27-3/h9-10,13H,5-8,11-12H2,1-4H3,(H,21,24). The summed E-state index contributed by atoms with van der Waals surface area (Å²) < 4.78 is 20.8. The van der Waals surface area contributed by atoms with Gasteiger partial charge in [0, 0.05) is 18.7 Å². The molecule has 1 aromatic rings. The quantitative estimate of drug-likeness (QED) is 0.646. The minimum atomic E-state index is -0.448. The molecule has 29 heavy (non-hydrogen) atoms. The van der Waals surface area contributed by atoms with Gasteiger partial charge < -0.3 is 29.2 Å². The van der Waals surface area contributed by atoms with Crippen molar-refractivity contribution in [3.8, 4) is 17.2 Å². The number of piperidine rings is 1. The molecule has 1 aliphatic heterocycles. The van der Waals surface area contributed by atoms with Crippen LogP contribution in [0.4, 0.5) is 0 Å². The lowest BCUT2D eigenvalue weighted by molar-refractivity contribution is -0.151. The normalized spacial score (nSPS) is 16.0. The molecule has 1 aromatic carbocycles. The molecule has 160 valence electrons. The molecule has 0 saturated carbocycles. The number of esters is 1. The van der Waals surface area contributed by atoms with E-state index in [-0.39, 0.29) is 29.9 Å². The first-order chi connectivity index (χ1) is 13.9. The Hall–Kier alpha value is -2.97. The van der Waals surface area contributed by atoms with Gasteiger partial charge >= 0.3 is 5.97 Å². The van der Waals surface area contributed by atoms with Gasteiger partial charge in [0.15, 0.2) is 11.5 Å². The van der Waals surface area contributed by atoms with E-state index in [1.54, 1.807) is 11.8 Å². The number of carbonyl (C=O) groups excluding carboxylic acids is 3. The summed E-state index contributed by atoms with van der Waals surface area (Å²) in [5.74, 6) is -0.240. The zero-order valence-corrected chi connectivity index (χ0v) is 17.3. The Morgan fingerprint density at radius 2 is 1.76 bits per heavy atom. The number of hydrogen-bond donors (Lipinski definition) is 1. The van der Waals surface area contributed by atoms with Gasteiger partial charge in [-0.15, -0.1) is 0 Å². The van der Waals surface area contributed by atoms with Crippen molar-refractivity contribution in [1.29, 1.82) is 0 Å². The third kappa shape index (κ3) is 5.52. The second-order valence-corrected chi connectivity index (χ2v) is 6.53. The van der Waals surface area contributed by atoms with E-state index in [1.807, 2.05) is 0 Å². The van der Waals surface area contributed by atoms with Crippen LogP contribution < -0.4 is 19.5 Å². The van der Waals surface area contributed by atoms with E-state index in [2.05, 4.69) is 5.32 Å². The second kappa shape index (κ2) is 10.5. The Labute approximate surface area is 170 Å². The molecule has 1 atom stereocenters. The lowest BCUT2D eigenvalue weighted by atomic mass is 9.98. The summed E-state index contributed by atoms with van der Waals surface area (Å²) in [4.78, 5) is 38.5. The van der Waals surface area contributed by atoms with Gasteiger partial charge in [-0.3, -0.25) is 14.4 Å². The van der Waals surface area contributed by atoms with Crippen LogP contribution in [0.3, 0.4) is 0 Å². The highest BCUT2D eigenvalue weighted by Crippen LogP contribution is 2.38. The van der Waals surface area contributed by atoms with Gasteiger partial charge in [-0.1, -0.05) is 0 Å². The highest BCUT2D eigenvalue weighted by atomic mass is 16.5. The van der Waals surface area contributed by atoms with E-state index < -0.39 is 5.91 Å². The van der Waals surface area contributed by atoms with Gasteiger partial charge in [-0.05, 0) is 31.9 Å². The van der Waals surface area contributed by atoms with Crippen LogP contribution in [0.5, 0.6) is 17.2 Å². The summed E-state index contributed by atoms with van der Waals surface area (Å²) in [6, 6.07) is 3.03. The molecular formula is C20H28N2O7. The maximum absolute atomic E-state index is 12.5. The van der Waals surface area contributed by atoms with Crippen molar-refractivity contribution in [3.63, 3.8) is 0 Å². The number of nitrogens with one attached hydrogen (secondary N) is 1. The van der Waals surface area contributed by atoms with Crippen LogP contribution in [-0.2, 0) is 14.3 Å². The van der Waals surface area contributed by atoms with Crippen molar-refractivity contribution in [2.45, 2.75) is 19.8 Å². The largest absolute Gasteiger partial charge is 0.493 e. The smallest absolute Gasteiger partial charge is 0.310 e. The first kappa shape index (κ1) is 22.3. The highest BCUT2D eigenvalue weighted by molar-refractivity contribution is 5.97. The minimum absolute atomic E-state index is 0.176. The number of ether oxygens (including phenoxy) is 4. The maximum Gasteiger partial charge on any atom is 0.310 e. The Morgan fingerprint density at radius 3 is 2.31 bits per heavy atom. The van der Waals surface area contributed by atoms with Crippen molar-refractivity contribution in [3.05, 3.63) is 17.7 Å². The van der Waals surface area contributed by atoms with E-state index in [1.165, 1.54) is 33.5 Å². The molecule has 9 heteroatoms. The summed E-state index contributed by atoms with van der Waals surface area (Å²) >= 11 is 0. The number of hydrogen-bond acceptors (Lipinski definition) is 7. The van der Waals surface area contributed by atoms with E-state index in [4.69, 9.17) is 18.9 Å². The molecule has 0 spiro atoms. The van der Waals surface area contributed by atoms with Gasteiger partial charge in [-0.2, -0.15) is 0 Å². The van der Waals surface area contributed by atoms with Crippen LogP contribution in [-0.4, -0.2) is 70.3 Å². The number of rotatable bonds is 8. The first-order valence-electron chi connectivity index (χ1n) is 9.47. The zero-order valence-electron chi connectivity index (χ0n) is 17.3. The molecule has 2 rings (SSSR count). The second-order valence-electron chi connectivity index (χ2n) is 6.53. The van der Waals surface area contributed by atoms with Gasteiger partial charge in [0.05, 0.1) is 40.4 Å². The Kier molecular flexibility index (Phi) is 8.11. The van der Waals surface area contributed by atoms with Gasteiger partial charge in [-0.25, -0.2) is 0 Å². The molecule has 0 bridgehead atoms. The van der Waals surface area contributed by atoms with Crippen LogP contribution in [0.1, 0.15) is 30.1 Å². The van der Waals surface area contributed by atoms with E-state index in [9.17, 15) is 14.4 Å². The lowest BCUT2D eigenvalue weighted by Crippen LogP contribution is -2.46. The van der Waals surface area contributed by atoms with Crippen molar-refractivity contribution in [1.82, 2.24) is 10.2 Å². The summed E-state index contributed by atoms with van der Waals surface area (Å²) in [5, 5.41) is 2.61. The molecular weight excluding hydrogens is 380 g/mol. The van der Waals surface area contributed by atoms with Crippen molar-refractivity contribution in [2.75, 3.05) is 47.6 Å². The third-order valence-electron chi connectivity index (χ3n) is 4.72. The number of carbonyl (C=O) groups is 3. The Morgan fingerprint density at radius 1 is 1.10 bits per heavy atom. The third-order valence-corrected chi connectivity index (χ3v) is 4.72. The van der Waals surface area contributed by atoms with Gasteiger partial charge in [0.1, 0.15) is 0 Å². The molecule has 2 amide bonds. The van der Waals surface area contributed by atoms with Crippen molar-refractivity contribution < 1.29 is 33.3 Å². The number of methoxy groups -OCH3 is 3. The minimum Gasteiger partial charge on any atom is -0.493 e. The molecule has 1 N–H and O–H groups in total. The molecule has 0 radical (unpaired) electrons. The Balaban J connectivity index is 1.99. The molecule has 1 fully saturated rings. The molecule has 1 aliphatic rings. The predicted molar refractivity (Wildman–Crippen MR) is 104 cm³/mol. The first-order valence-corrected chi connectivity index (χ1v) is 9.47. The highest BCUT2D eigenvalue weighted by Gasteiger charge is 2.29. The number of nitrogens with zero attached hydrogens (tertiary/aromatic N) is 1.